The van der Waals surface area contributed by atoms with Crippen LogP contribution in [-0.4, -0.2) is 32.8 Å². The Labute approximate surface area is 196 Å². The maximum absolute atomic E-state index is 13.3. The van der Waals surface area contributed by atoms with E-state index >= 15 is 0 Å². The molecule has 1 unspecified atom stereocenters. The molecule has 0 amide bonds. The first-order valence-corrected chi connectivity index (χ1v) is 13.2. The first kappa shape index (κ1) is 23.2. The van der Waals surface area contributed by atoms with Crippen molar-refractivity contribution in [3.63, 3.8) is 0 Å². The van der Waals surface area contributed by atoms with Crippen molar-refractivity contribution >= 4 is 49.4 Å². The number of benzene rings is 2. The number of nitrogens with zero attached hydrogens (tertiary/aromatic N) is 1. The summed E-state index contributed by atoms with van der Waals surface area (Å²) >= 11 is -0.759. The van der Waals surface area contributed by atoms with Crippen molar-refractivity contribution in [1.82, 2.24) is 4.57 Å². The second kappa shape index (κ2) is 9.10. The summed E-state index contributed by atoms with van der Waals surface area (Å²) in [6.45, 7) is 1.13. The lowest BCUT2D eigenvalue weighted by Gasteiger charge is -2.10. The van der Waals surface area contributed by atoms with Gasteiger partial charge in [0, 0.05) is 16.8 Å². The van der Waals surface area contributed by atoms with Crippen LogP contribution in [0.25, 0.3) is 22.0 Å². The van der Waals surface area contributed by atoms with Crippen LogP contribution in [0.2, 0.25) is 0 Å². The van der Waals surface area contributed by atoms with Gasteiger partial charge in [-0.3, -0.25) is 9.00 Å². The number of carbonyl (C=O) groups is 1. The highest BCUT2D eigenvalue weighted by Gasteiger charge is 2.28. The topological polar surface area (TPSA) is 126 Å². The molecular formula is C22H18NO7S3-. The molecule has 0 radical (unpaired) electrons. The molecule has 172 valence electrons. The van der Waals surface area contributed by atoms with Crippen molar-refractivity contribution in [3.8, 4) is 16.9 Å². The Kier molecular flexibility index (Phi) is 6.39. The average molecular weight is 505 g/mol. The normalized spacial score (nSPS) is 12.7. The molecule has 2 heterocycles. The standard InChI is InChI=1S/C22H19NO7S3/c1-14-22(33(28,29)30-18-5-2-15(3-6-18)13-32(26)27)19-10-16(17-8-9-31-12-17)4-7-20(19)23(14)11-21(24)25/h2-10,12H,11,13H2,1H3,(H,24,25)(H,26,27)/p-1. The van der Waals surface area contributed by atoms with E-state index in [1.165, 1.54) is 47.1 Å². The van der Waals surface area contributed by atoms with E-state index in [1.807, 2.05) is 22.9 Å². The molecule has 0 aliphatic heterocycles. The zero-order valence-corrected chi connectivity index (χ0v) is 19.7. The third kappa shape index (κ3) is 4.86. The van der Waals surface area contributed by atoms with Crippen molar-refractivity contribution in [2.75, 3.05) is 0 Å². The van der Waals surface area contributed by atoms with Crippen LogP contribution in [-0.2, 0) is 38.3 Å². The molecule has 0 aliphatic carbocycles. The number of hydrogen-bond acceptors (Lipinski definition) is 7. The summed E-state index contributed by atoms with van der Waals surface area (Å²) in [4.78, 5) is 11.3. The highest BCUT2D eigenvalue weighted by Crippen LogP contribution is 2.35. The van der Waals surface area contributed by atoms with Gasteiger partial charge in [0.25, 0.3) is 0 Å². The highest BCUT2D eigenvalue weighted by atomic mass is 32.2. The molecule has 2 aromatic heterocycles. The van der Waals surface area contributed by atoms with Gasteiger partial charge in [-0.05, 0) is 64.7 Å². The number of aromatic nitrogens is 1. The number of hydrogen-bond donors (Lipinski definition) is 1. The van der Waals surface area contributed by atoms with Crippen molar-refractivity contribution < 1.29 is 31.3 Å². The Bertz CT molecular complexity index is 1450. The number of fused-ring (bicyclic) bond motifs is 1. The summed E-state index contributed by atoms with van der Waals surface area (Å²) in [6.07, 6.45) is 0. The monoisotopic (exact) mass is 504 g/mol. The zero-order valence-electron chi connectivity index (χ0n) is 17.3. The van der Waals surface area contributed by atoms with Gasteiger partial charge in [0.15, 0.2) is 0 Å². The lowest BCUT2D eigenvalue weighted by molar-refractivity contribution is -0.137. The van der Waals surface area contributed by atoms with E-state index in [4.69, 9.17) is 4.18 Å². The van der Waals surface area contributed by atoms with Crippen LogP contribution in [0.4, 0.5) is 0 Å². The summed E-state index contributed by atoms with van der Waals surface area (Å²) in [5, 5.41) is 13.5. The summed E-state index contributed by atoms with van der Waals surface area (Å²) < 4.78 is 55.1. The largest absolute Gasteiger partial charge is 0.772 e. The van der Waals surface area contributed by atoms with Crippen LogP contribution in [0.15, 0.2) is 64.2 Å². The number of aliphatic carboxylic acids is 1. The molecule has 1 atom stereocenters. The molecule has 4 aromatic rings. The van der Waals surface area contributed by atoms with Gasteiger partial charge in [-0.2, -0.15) is 19.8 Å². The molecule has 2 aromatic carbocycles. The van der Waals surface area contributed by atoms with Gasteiger partial charge in [0.2, 0.25) is 0 Å². The van der Waals surface area contributed by atoms with E-state index in [0.29, 0.717) is 16.5 Å². The molecule has 0 spiro atoms. The molecule has 0 saturated carbocycles. The Morgan fingerprint density at radius 3 is 2.48 bits per heavy atom. The minimum Gasteiger partial charge on any atom is -0.772 e. The third-order valence-electron chi connectivity index (χ3n) is 5.08. The third-order valence-corrected chi connectivity index (χ3v) is 7.76. The number of thiophene rings is 1. The van der Waals surface area contributed by atoms with Crippen molar-refractivity contribution in [2.45, 2.75) is 24.1 Å². The lowest BCUT2D eigenvalue weighted by Crippen LogP contribution is -2.13. The van der Waals surface area contributed by atoms with E-state index in [1.54, 1.807) is 12.1 Å². The Morgan fingerprint density at radius 2 is 1.88 bits per heavy atom. The Hall–Kier alpha value is -2.99. The van der Waals surface area contributed by atoms with E-state index in [0.717, 1.165) is 11.1 Å². The molecule has 11 heteroatoms. The molecule has 33 heavy (non-hydrogen) atoms. The second-order valence-corrected chi connectivity index (χ2v) is 10.4. The first-order valence-electron chi connectivity index (χ1n) is 9.62. The maximum Gasteiger partial charge on any atom is 0.341 e. The van der Waals surface area contributed by atoms with Gasteiger partial charge in [-0.25, -0.2) is 0 Å². The van der Waals surface area contributed by atoms with Gasteiger partial charge in [-0.1, -0.05) is 29.3 Å². The summed E-state index contributed by atoms with van der Waals surface area (Å²) in [5.74, 6) is -1.28. The first-order chi connectivity index (χ1) is 15.7. The average Bonchev–Trinajstić information content (AvgIpc) is 3.36. The van der Waals surface area contributed by atoms with Crippen LogP contribution >= 0.6 is 11.3 Å². The smallest absolute Gasteiger partial charge is 0.341 e. The fourth-order valence-electron chi connectivity index (χ4n) is 3.66. The lowest BCUT2D eigenvalue weighted by atomic mass is 10.1. The molecule has 0 fully saturated rings. The molecule has 0 saturated heterocycles. The summed E-state index contributed by atoms with van der Waals surface area (Å²) in [7, 11) is -4.34. The minimum atomic E-state index is -4.34. The van der Waals surface area contributed by atoms with Crippen molar-refractivity contribution in [3.05, 3.63) is 70.5 Å². The van der Waals surface area contributed by atoms with E-state index in [2.05, 4.69) is 0 Å². The highest BCUT2D eigenvalue weighted by molar-refractivity contribution is 7.87. The van der Waals surface area contributed by atoms with Gasteiger partial charge in [0.1, 0.15) is 17.2 Å². The van der Waals surface area contributed by atoms with Crippen LogP contribution < -0.4 is 4.18 Å². The van der Waals surface area contributed by atoms with E-state index in [-0.39, 0.29) is 22.1 Å². The Morgan fingerprint density at radius 1 is 1.15 bits per heavy atom. The SMILES string of the molecule is Cc1c(S(=O)(=O)Oc2ccc(CS(=O)[O-])cc2)c2cc(-c3ccsc3)ccc2n1CC(=O)O. The van der Waals surface area contributed by atoms with Gasteiger partial charge >= 0.3 is 16.1 Å². The fourth-order valence-corrected chi connectivity index (χ4v) is 6.14. The summed E-state index contributed by atoms with van der Waals surface area (Å²) in [6, 6.07) is 12.8. The van der Waals surface area contributed by atoms with Gasteiger partial charge in [0.05, 0.1) is 5.52 Å². The van der Waals surface area contributed by atoms with Crippen LogP contribution in [0.5, 0.6) is 5.75 Å². The zero-order chi connectivity index (χ0) is 23.8. The van der Waals surface area contributed by atoms with Crippen LogP contribution in [0, 0.1) is 6.92 Å². The van der Waals surface area contributed by atoms with E-state index in [9.17, 15) is 27.1 Å². The minimum absolute atomic E-state index is 0.0166. The fraction of sp³-hybridized carbons (Fsp3) is 0.136. The van der Waals surface area contributed by atoms with Crippen molar-refractivity contribution in [1.29, 1.82) is 0 Å². The molecule has 4 rings (SSSR count). The van der Waals surface area contributed by atoms with Crippen LogP contribution in [0.3, 0.4) is 0 Å². The maximum atomic E-state index is 13.3. The molecule has 0 aliphatic rings. The van der Waals surface area contributed by atoms with Crippen molar-refractivity contribution in [2.24, 2.45) is 0 Å². The second-order valence-electron chi connectivity index (χ2n) is 7.27. The quantitative estimate of drug-likeness (QED) is 0.285. The molecule has 1 N–H and O–H groups in total. The predicted octanol–water partition coefficient (Wildman–Crippen LogP) is 3.91. The summed E-state index contributed by atoms with van der Waals surface area (Å²) in [5.41, 5.74) is 2.91. The van der Waals surface area contributed by atoms with Gasteiger partial charge < -0.3 is 18.4 Å². The Balaban J connectivity index is 1.81. The number of carboxylic acids is 1. The van der Waals surface area contributed by atoms with Gasteiger partial charge in [-0.15, -0.1) is 0 Å². The molecule has 0 bridgehead atoms. The number of carboxylic acid groups (broad SMARTS) is 1. The van der Waals surface area contributed by atoms with Crippen LogP contribution in [0.1, 0.15) is 11.3 Å². The van der Waals surface area contributed by atoms with E-state index < -0.39 is 33.7 Å². The number of rotatable bonds is 8. The molecule has 8 nitrogen and oxygen atoms in total. The predicted molar refractivity (Wildman–Crippen MR) is 125 cm³/mol. The molecular weight excluding hydrogens is 486 g/mol.